The summed E-state index contributed by atoms with van der Waals surface area (Å²) in [6, 6.07) is 6.34. The Morgan fingerprint density at radius 2 is 1.86 bits per heavy atom. The summed E-state index contributed by atoms with van der Waals surface area (Å²) in [6.07, 6.45) is 1.67. The second-order valence-corrected chi connectivity index (χ2v) is 6.18. The Hall–Kier alpha value is -0.940. The SMILES string of the molecule is CCC[C@H]1O[C@@H]2OCCO[C@@H]2[C@H]1OCc1c(C)cccc1C. The first-order chi connectivity index (χ1) is 10.7. The summed E-state index contributed by atoms with van der Waals surface area (Å²) in [6.45, 7) is 8.23. The van der Waals surface area contributed by atoms with Crippen LogP contribution in [-0.4, -0.2) is 37.8 Å². The van der Waals surface area contributed by atoms with Crippen molar-refractivity contribution in [3.8, 4) is 0 Å². The number of hydrogen-bond donors (Lipinski definition) is 0. The van der Waals surface area contributed by atoms with Crippen LogP contribution in [0.15, 0.2) is 18.2 Å². The van der Waals surface area contributed by atoms with E-state index in [9.17, 15) is 0 Å². The van der Waals surface area contributed by atoms with E-state index in [1.54, 1.807) is 0 Å². The van der Waals surface area contributed by atoms with E-state index in [-0.39, 0.29) is 24.6 Å². The first-order valence-electron chi connectivity index (χ1n) is 8.26. The smallest absolute Gasteiger partial charge is 0.186 e. The second kappa shape index (κ2) is 7.09. The van der Waals surface area contributed by atoms with Crippen molar-refractivity contribution >= 4 is 0 Å². The number of aryl methyl sites for hydroxylation is 2. The first-order valence-corrected chi connectivity index (χ1v) is 8.26. The lowest BCUT2D eigenvalue weighted by atomic mass is 10.0. The van der Waals surface area contributed by atoms with Crippen molar-refractivity contribution in [2.45, 2.75) is 64.8 Å². The number of rotatable bonds is 5. The molecular weight excluding hydrogens is 280 g/mol. The molecule has 3 rings (SSSR count). The van der Waals surface area contributed by atoms with Gasteiger partial charge in [0, 0.05) is 0 Å². The normalized spacial score (nSPS) is 31.2. The highest BCUT2D eigenvalue weighted by Gasteiger charge is 2.48. The van der Waals surface area contributed by atoms with Gasteiger partial charge < -0.3 is 18.9 Å². The van der Waals surface area contributed by atoms with E-state index in [4.69, 9.17) is 18.9 Å². The molecule has 0 amide bonds. The Morgan fingerprint density at radius 1 is 1.14 bits per heavy atom. The van der Waals surface area contributed by atoms with Crippen LogP contribution < -0.4 is 0 Å². The average molecular weight is 306 g/mol. The van der Waals surface area contributed by atoms with Crippen molar-refractivity contribution in [2.75, 3.05) is 13.2 Å². The quantitative estimate of drug-likeness (QED) is 0.837. The van der Waals surface area contributed by atoms with Gasteiger partial charge in [-0.25, -0.2) is 0 Å². The molecule has 0 bridgehead atoms. The summed E-state index contributed by atoms with van der Waals surface area (Å²) in [5.41, 5.74) is 3.80. The van der Waals surface area contributed by atoms with Crippen molar-refractivity contribution < 1.29 is 18.9 Å². The number of fused-ring (bicyclic) bond motifs is 1. The zero-order valence-electron chi connectivity index (χ0n) is 13.7. The van der Waals surface area contributed by atoms with E-state index in [0.717, 1.165) is 12.8 Å². The molecule has 122 valence electrons. The molecule has 2 heterocycles. The van der Waals surface area contributed by atoms with E-state index < -0.39 is 0 Å². The van der Waals surface area contributed by atoms with Gasteiger partial charge in [0.05, 0.1) is 25.9 Å². The third-order valence-corrected chi connectivity index (χ3v) is 4.58. The Kier molecular flexibility index (Phi) is 5.14. The van der Waals surface area contributed by atoms with Crippen LogP contribution >= 0.6 is 0 Å². The van der Waals surface area contributed by atoms with E-state index in [1.165, 1.54) is 16.7 Å². The van der Waals surface area contributed by atoms with E-state index >= 15 is 0 Å². The van der Waals surface area contributed by atoms with Crippen LogP contribution in [0, 0.1) is 13.8 Å². The monoisotopic (exact) mass is 306 g/mol. The van der Waals surface area contributed by atoms with Crippen molar-refractivity contribution in [1.82, 2.24) is 0 Å². The Bertz CT molecular complexity index is 482. The molecule has 1 aromatic carbocycles. The molecule has 0 aromatic heterocycles. The van der Waals surface area contributed by atoms with Gasteiger partial charge in [-0.3, -0.25) is 0 Å². The fourth-order valence-corrected chi connectivity index (χ4v) is 3.32. The summed E-state index contributed by atoms with van der Waals surface area (Å²) in [4.78, 5) is 0. The molecule has 0 radical (unpaired) electrons. The first kappa shape index (κ1) is 15.9. The molecule has 2 aliphatic heterocycles. The predicted octanol–water partition coefficient (Wildman–Crippen LogP) is 3.13. The molecule has 0 N–H and O–H groups in total. The van der Waals surface area contributed by atoms with Gasteiger partial charge in [-0.05, 0) is 37.0 Å². The zero-order valence-corrected chi connectivity index (χ0v) is 13.7. The van der Waals surface area contributed by atoms with Crippen LogP contribution in [0.25, 0.3) is 0 Å². The molecule has 0 aliphatic carbocycles. The van der Waals surface area contributed by atoms with Crippen LogP contribution in [0.1, 0.15) is 36.5 Å². The van der Waals surface area contributed by atoms with Gasteiger partial charge in [0.15, 0.2) is 6.29 Å². The lowest BCUT2D eigenvalue weighted by Gasteiger charge is -2.28. The molecule has 4 heteroatoms. The van der Waals surface area contributed by atoms with E-state index in [2.05, 4.69) is 39.0 Å². The third kappa shape index (κ3) is 3.20. The van der Waals surface area contributed by atoms with Crippen molar-refractivity contribution in [3.63, 3.8) is 0 Å². The summed E-state index contributed by atoms with van der Waals surface area (Å²) in [5.74, 6) is 0. The maximum Gasteiger partial charge on any atom is 0.186 e. The van der Waals surface area contributed by atoms with Gasteiger partial charge in [-0.2, -0.15) is 0 Å². The molecule has 2 aliphatic rings. The van der Waals surface area contributed by atoms with E-state index in [0.29, 0.717) is 19.8 Å². The van der Waals surface area contributed by atoms with Gasteiger partial charge in [-0.15, -0.1) is 0 Å². The molecule has 0 unspecified atom stereocenters. The number of hydrogen-bond acceptors (Lipinski definition) is 4. The fourth-order valence-electron chi connectivity index (χ4n) is 3.32. The topological polar surface area (TPSA) is 36.9 Å². The van der Waals surface area contributed by atoms with Crippen LogP contribution in [0.5, 0.6) is 0 Å². The summed E-state index contributed by atoms with van der Waals surface area (Å²) >= 11 is 0. The standard InChI is InChI=1S/C18H26O4/c1-4-6-15-16(17-18(22-15)20-10-9-19-17)21-11-14-12(2)7-5-8-13(14)3/h5,7-8,15-18H,4,6,9-11H2,1-3H3/t15-,16+,17-,18+/m1/s1. The highest BCUT2D eigenvalue weighted by molar-refractivity contribution is 5.32. The van der Waals surface area contributed by atoms with Gasteiger partial charge in [-0.1, -0.05) is 31.5 Å². The van der Waals surface area contributed by atoms with Gasteiger partial charge >= 0.3 is 0 Å². The lowest BCUT2D eigenvalue weighted by molar-refractivity contribution is -0.222. The molecule has 22 heavy (non-hydrogen) atoms. The minimum absolute atomic E-state index is 0.0516. The highest BCUT2D eigenvalue weighted by Crippen LogP contribution is 2.32. The van der Waals surface area contributed by atoms with Crippen LogP contribution in [0.2, 0.25) is 0 Å². The van der Waals surface area contributed by atoms with Gasteiger partial charge in [0.1, 0.15) is 12.2 Å². The average Bonchev–Trinajstić information content (AvgIpc) is 2.85. The molecule has 4 nitrogen and oxygen atoms in total. The van der Waals surface area contributed by atoms with Crippen LogP contribution in [0.4, 0.5) is 0 Å². The summed E-state index contributed by atoms with van der Waals surface area (Å²) < 4.78 is 23.8. The second-order valence-electron chi connectivity index (χ2n) is 6.18. The van der Waals surface area contributed by atoms with Crippen LogP contribution in [-0.2, 0) is 25.6 Å². The maximum atomic E-state index is 6.26. The van der Waals surface area contributed by atoms with Crippen molar-refractivity contribution in [1.29, 1.82) is 0 Å². The summed E-state index contributed by atoms with van der Waals surface area (Å²) in [7, 11) is 0. The van der Waals surface area contributed by atoms with E-state index in [1.807, 2.05) is 0 Å². The van der Waals surface area contributed by atoms with Crippen molar-refractivity contribution in [3.05, 3.63) is 34.9 Å². The maximum absolute atomic E-state index is 6.26. The molecule has 1 aromatic rings. The predicted molar refractivity (Wildman–Crippen MR) is 83.8 cm³/mol. The van der Waals surface area contributed by atoms with Gasteiger partial charge in [0.25, 0.3) is 0 Å². The van der Waals surface area contributed by atoms with Crippen molar-refractivity contribution in [2.24, 2.45) is 0 Å². The number of benzene rings is 1. The Balaban J connectivity index is 1.71. The fraction of sp³-hybridized carbons (Fsp3) is 0.667. The zero-order chi connectivity index (χ0) is 15.5. The Morgan fingerprint density at radius 3 is 2.59 bits per heavy atom. The molecule has 4 atom stereocenters. The Labute approximate surface area is 132 Å². The minimum Gasteiger partial charge on any atom is -0.368 e. The molecule has 2 fully saturated rings. The molecule has 2 saturated heterocycles. The third-order valence-electron chi connectivity index (χ3n) is 4.58. The lowest BCUT2D eigenvalue weighted by Crippen LogP contribution is -2.42. The summed E-state index contributed by atoms with van der Waals surface area (Å²) in [5, 5.41) is 0. The van der Waals surface area contributed by atoms with Gasteiger partial charge in [0.2, 0.25) is 0 Å². The van der Waals surface area contributed by atoms with Crippen LogP contribution in [0.3, 0.4) is 0 Å². The minimum atomic E-state index is -0.270. The molecule has 0 saturated carbocycles. The highest BCUT2D eigenvalue weighted by atomic mass is 16.7. The molecular formula is C18H26O4. The molecule has 0 spiro atoms. The number of ether oxygens (including phenoxy) is 4. The largest absolute Gasteiger partial charge is 0.368 e.